The molecule has 0 aromatic rings. The van der Waals surface area contributed by atoms with Gasteiger partial charge in [-0.1, -0.05) is 25.0 Å². The summed E-state index contributed by atoms with van der Waals surface area (Å²) in [5, 5.41) is 11.6. The lowest BCUT2D eigenvalue weighted by atomic mass is 10.1. The lowest BCUT2D eigenvalue weighted by Gasteiger charge is -2.22. The molecule has 1 aliphatic carbocycles. The molecule has 1 rings (SSSR count). The van der Waals surface area contributed by atoms with Crippen molar-refractivity contribution in [2.24, 2.45) is 5.92 Å². The smallest absolute Gasteiger partial charge is 0.318 e. The van der Waals surface area contributed by atoms with Crippen LogP contribution in [0.25, 0.3) is 0 Å². The van der Waals surface area contributed by atoms with E-state index in [1.165, 1.54) is 0 Å². The molecule has 0 fully saturated rings. The van der Waals surface area contributed by atoms with Gasteiger partial charge in [-0.3, -0.25) is 4.79 Å². The zero-order valence-electron chi connectivity index (χ0n) is 10.4. The highest BCUT2D eigenvalue weighted by Gasteiger charge is 2.26. The van der Waals surface area contributed by atoms with Crippen LogP contribution >= 0.6 is 0 Å². The van der Waals surface area contributed by atoms with Gasteiger partial charge in [0.25, 0.3) is 0 Å². The van der Waals surface area contributed by atoms with Crippen molar-refractivity contribution in [3.8, 4) is 12.3 Å². The molecule has 18 heavy (non-hydrogen) atoms. The first-order valence-corrected chi connectivity index (χ1v) is 5.98. The first-order chi connectivity index (χ1) is 8.58. The number of terminal acetylenes is 1. The summed E-state index contributed by atoms with van der Waals surface area (Å²) >= 11 is 0. The summed E-state index contributed by atoms with van der Waals surface area (Å²) in [6, 6.07) is -0.466. The molecule has 0 heterocycles. The summed E-state index contributed by atoms with van der Waals surface area (Å²) in [4.78, 5) is 24.2. The lowest BCUT2D eigenvalue weighted by molar-refractivity contribution is -0.140. The predicted molar refractivity (Wildman–Crippen MR) is 67.9 cm³/mol. The van der Waals surface area contributed by atoms with E-state index in [0.717, 1.165) is 6.42 Å². The van der Waals surface area contributed by atoms with Gasteiger partial charge in [-0.05, 0) is 12.8 Å². The van der Waals surface area contributed by atoms with Crippen LogP contribution in [0.5, 0.6) is 0 Å². The fraction of sp³-hybridized carbons (Fsp3) is 0.538. The van der Waals surface area contributed by atoms with Crippen molar-refractivity contribution in [3.63, 3.8) is 0 Å². The van der Waals surface area contributed by atoms with E-state index in [0.29, 0.717) is 13.0 Å². The van der Waals surface area contributed by atoms with Gasteiger partial charge in [0, 0.05) is 6.54 Å². The van der Waals surface area contributed by atoms with Crippen LogP contribution in [0, 0.1) is 18.3 Å². The zero-order valence-corrected chi connectivity index (χ0v) is 10.4. The van der Waals surface area contributed by atoms with Crippen LogP contribution in [-0.2, 0) is 4.79 Å². The second kappa shape index (κ2) is 6.70. The van der Waals surface area contributed by atoms with Crippen LogP contribution in [0.3, 0.4) is 0 Å². The molecule has 0 bridgehead atoms. The van der Waals surface area contributed by atoms with E-state index < -0.39 is 11.9 Å². The Labute approximate surface area is 107 Å². The number of carboxylic acids is 1. The molecule has 2 unspecified atom stereocenters. The molecule has 98 valence electrons. The molecule has 5 heteroatoms. The standard InChI is InChI=1S/C13H18N2O3/c1-3-7-15(8-4-2)13(18)14-11-6-5-10(9-11)12(16)17/h1,5-6,10-11H,4,7-9H2,2H3,(H,14,18)(H,16,17). The van der Waals surface area contributed by atoms with Gasteiger partial charge in [0.15, 0.2) is 0 Å². The molecule has 2 amide bonds. The quantitative estimate of drug-likeness (QED) is 0.566. The third kappa shape index (κ3) is 3.81. The van der Waals surface area contributed by atoms with Crippen molar-refractivity contribution in [1.29, 1.82) is 0 Å². The monoisotopic (exact) mass is 250 g/mol. The summed E-state index contributed by atoms with van der Waals surface area (Å²) in [6.07, 6.45) is 9.76. The molecule has 0 aromatic heterocycles. The molecule has 2 atom stereocenters. The average Bonchev–Trinajstić information content (AvgIpc) is 2.77. The molecule has 5 nitrogen and oxygen atoms in total. The van der Waals surface area contributed by atoms with Crippen LogP contribution in [0.2, 0.25) is 0 Å². The number of carbonyl (C=O) groups excluding carboxylic acids is 1. The summed E-state index contributed by atoms with van der Waals surface area (Å²) in [6.45, 7) is 2.82. The molecular weight excluding hydrogens is 232 g/mol. The first-order valence-electron chi connectivity index (χ1n) is 5.98. The Hall–Kier alpha value is -1.96. The van der Waals surface area contributed by atoms with Gasteiger partial charge in [0.2, 0.25) is 0 Å². The number of rotatable bonds is 5. The second-order valence-electron chi connectivity index (χ2n) is 4.25. The fourth-order valence-corrected chi connectivity index (χ4v) is 1.87. The summed E-state index contributed by atoms with van der Waals surface area (Å²) in [7, 11) is 0. The van der Waals surface area contributed by atoms with Crippen LogP contribution in [0.15, 0.2) is 12.2 Å². The summed E-state index contributed by atoms with van der Waals surface area (Å²) in [5.74, 6) is 1.06. The highest BCUT2D eigenvalue weighted by Crippen LogP contribution is 2.18. The number of carboxylic acid groups (broad SMARTS) is 1. The van der Waals surface area contributed by atoms with Crippen molar-refractivity contribution in [2.75, 3.05) is 13.1 Å². The molecule has 0 aromatic carbocycles. The minimum Gasteiger partial charge on any atom is -0.481 e. The van der Waals surface area contributed by atoms with Gasteiger partial charge in [0.05, 0.1) is 18.5 Å². The molecule has 0 spiro atoms. The highest BCUT2D eigenvalue weighted by molar-refractivity contribution is 5.76. The lowest BCUT2D eigenvalue weighted by Crippen LogP contribution is -2.44. The minimum absolute atomic E-state index is 0.226. The Bertz CT molecular complexity index is 384. The summed E-state index contributed by atoms with van der Waals surface area (Å²) in [5.41, 5.74) is 0. The van der Waals surface area contributed by atoms with Gasteiger partial charge < -0.3 is 15.3 Å². The number of amides is 2. The largest absolute Gasteiger partial charge is 0.481 e. The van der Waals surface area contributed by atoms with Crippen LogP contribution in [0.4, 0.5) is 4.79 Å². The van der Waals surface area contributed by atoms with Gasteiger partial charge in [-0.2, -0.15) is 0 Å². The number of nitrogens with one attached hydrogen (secondary N) is 1. The van der Waals surface area contributed by atoms with Crippen LogP contribution in [0.1, 0.15) is 19.8 Å². The van der Waals surface area contributed by atoms with E-state index in [1.54, 1.807) is 17.1 Å². The van der Waals surface area contributed by atoms with E-state index in [1.807, 2.05) is 6.92 Å². The van der Waals surface area contributed by atoms with Gasteiger partial charge in [0.1, 0.15) is 0 Å². The maximum absolute atomic E-state index is 11.9. The Morgan fingerprint density at radius 2 is 2.28 bits per heavy atom. The topological polar surface area (TPSA) is 69.6 Å². The molecule has 1 aliphatic rings. The first kappa shape index (κ1) is 14.1. The number of hydrogen-bond acceptors (Lipinski definition) is 2. The Morgan fingerprint density at radius 1 is 1.56 bits per heavy atom. The third-order valence-electron chi connectivity index (χ3n) is 2.77. The zero-order chi connectivity index (χ0) is 13.5. The Kier molecular flexibility index (Phi) is 5.25. The maximum atomic E-state index is 11.9. The predicted octanol–water partition coefficient (Wildman–Crippen LogP) is 1.07. The van der Waals surface area contributed by atoms with E-state index in [4.69, 9.17) is 11.5 Å². The average molecular weight is 250 g/mol. The number of aliphatic carboxylic acids is 1. The van der Waals surface area contributed by atoms with Gasteiger partial charge in [-0.25, -0.2) is 4.79 Å². The second-order valence-corrected chi connectivity index (χ2v) is 4.25. The van der Waals surface area contributed by atoms with E-state index in [9.17, 15) is 9.59 Å². The SMILES string of the molecule is C#CCN(CCC)C(=O)NC1C=CC(C(=O)O)C1. The number of carbonyl (C=O) groups is 2. The van der Waals surface area contributed by atoms with Crippen molar-refractivity contribution in [2.45, 2.75) is 25.8 Å². The van der Waals surface area contributed by atoms with E-state index >= 15 is 0 Å². The molecule has 0 aliphatic heterocycles. The Balaban J connectivity index is 2.48. The summed E-state index contributed by atoms with van der Waals surface area (Å²) < 4.78 is 0. The van der Waals surface area contributed by atoms with Crippen molar-refractivity contribution < 1.29 is 14.7 Å². The van der Waals surface area contributed by atoms with Crippen molar-refractivity contribution in [1.82, 2.24) is 10.2 Å². The van der Waals surface area contributed by atoms with Gasteiger partial charge in [-0.15, -0.1) is 6.42 Å². The molecule has 0 radical (unpaired) electrons. The van der Waals surface area contributed by atoms with Crippen molar-refractivity contribution >= 4 is 12.0 Å². The molecular formula is C13H18N2O3. The van der Waals surface area contributed by atoms with Crippen LogP contribution < -0.4 is 5.32 Å². The van der Waals surface area contributed by atoms with Gasteiger partial charge >= 0.3 is 12.0 Å². The highest BCUT2D eigenvalue weighted by atomic mass is 16.4. The normalized spacial score (nSPS) is 21.3. The fourth-order valence-electron chi connectivity index (χ4n) is 1.87. The molecule has 0 saturated heterocycles. The van der Waals surface area contributed by atoms with E-state index in [-0.39, 0.29) is 18.6 Å². The maximum Gasteiger partial charge on any atom is 0.318 e. The van der Waals surface area contributed by atoms with Crippen molar-refractivity contribution in [3.05, 3.63) is 12.2 Å². The number of urea groups is 1. The third-order valence-corrected chi connectivity index (χ3v) is 2.77. The molecule has 0 saturated carbocycles. The minimum atomic E-state index is -0.864. The van der Waals surface area contributed by atoms with E-state index in [2.05, 4.69) is 11.2 Å². The molecule has 2 N–H and O–H groups in total. The van der Waals surface area contributed by atoms with Crippen LogP contribution in [-0.4, -0.2) is 41.1 Å². The Morgan fingerprint density at radius 3 is 2.78 bits per heavy atom. The number of nitrogens with zero attached hydrogens (tertiary/aromatic N) is 1. The number of hydrogen-bond donors (Lipinski definition) is 2.